The number of fused-ring (bicyclic) bond motifs is 7. The minimum absolute atomic E-state index is 0.904. The van der Waals surface area contributed by atoms with E-state index >= 15 is 0 Å². The van der Waals surface area contributed by atoms with E-state index in [4.69, 9.17) is 6.42 Å². The maximum atomic E-state index is 5.86. The summed E-state index contributed by atoms with van der Waals surface area (Å²) in [6, 6.07) is 17.6. The highest BCUT2D eigenvalue weighted by Crippen LogP contribution is 2.48. The number of hydrogen-bond donors (Lipinski definition) is 0. The zero-order valence-electron chi connectivity index (χ0n) is 14.1. The van der Waals surface area contributed by atoms with E-state index in [1.807, 2.05) is 6.92 Å². The molecule has 0 spiro atoms. The second-order valence-electron chi connectivity index (χ2n) is 6.67. The second kappa shape index (κ2) is 5.14. The third-order valence-electron chi connectivity index (χ3n) is 5.43. The molecule has 0 radical (unpaired) electrons. The van der Waals surface area contributed by atoms with E-state index in [9.17, 15) is 0 Å². The first-order valence-electron chi connectivity index (χ1n) is 8.60. The highest BCUT2D eigenvalue weighted by Gasteiger charge is 2.29. The van der Waals surface area contributed by atoms with Gasteiger partial charge in [-0.3, -0.25) is 0 Å². The fraction of sp³-hybridized carbons (Fsp3) is 0.120. The number of benzene rings is 3. The Hall–Kier alpha value is -3.22. The van der Waals surface area contributed by atoms with Crippen LogP contribution in [0.1, 0.15) is 40.3 Å². The molecule has 116 valence electrons. The van der Waals surface area contributed by atoms with Crippen molar-refractivity contribution in [1.82, 2.24) is 0 Å². The molecule has 0 nitrogen and oxygen atoms in total. The van der Waals surface area contributed by atoms with E-state index in [2.05, 4.69) is 66.3 Å². The smallest absolute Gasteiger partial charge is 0.0440 e. The minimum Gasteiger partial charge on any atom is -0.115 e. The molecule has 2 aliphatic rings. The molecule has 0 saturated carbocycles. The van der Waals surface area contributed by atoms with Gasteiger partial charge in [-0.1, -0.05) is 54.3 Å². The van der Waals surface area contributed by atoms with Crippen molar-refractivity contribution in [2.24, 2.45) is 0 Å². The zero-order valence-corrected chi connectivity index (χ0v) is 14.1. The lowest BCUT2D eigenvalue weighted by Gasteiger charge is -2.08. The van der Waals surface area contributed by atoms with E-state index < -0.39 is 0 Å². The second-order valence-corrected chi connectivity index (χ2v) is 6.67. The van der Waals surface area contributed by atoms with Crippen molar-refractivity contribution < 1.29 is 0 Å². The third kappa shape index (κ3) is 1.86. The molecule has 0 unspecified atom stereocenters. The van der Waals surface area contributed by atoms with Gasteiger partial charge in [0.25, 0.3) is 0 Å². The lowest BCUT2D eigenvalue weighted by Crippen LogP contribution is -1.93. The largest absolute Gasteiger partial charge is 0.115 e. The lowest BCUT2D eigenvalue weighted by atomic mass is 9.95. The van der Waals surface area contributed by atoms with Crippen LogP contribution in [0.4, 0.5) is 0 Å². The van der Waals surface area contributed by atoms with Gasteiger partial charge in [-0.25, -0.2) is 0 Å². The van der Waals surface area contributed by atoms with Gasteiger partial charge in [0.15, 0.2) is 0 Å². The van der Waals surface area contributed by atoms with Crippen LogP contribution in [0.5, 0.6) is 0 Å². The van der Waals surface area contributed by atoms with Crippen molar-refractivity contribution in [3.05, 3.63) is 81.9 Å². The molecule has 0 aromatic heterocycles. The normalized spacial score (nSPS) is 12.3. The Morgan fingerprint density at radius 3 is 2.44 bits per heavy atom. The Labute approximate surface area is 148 Å². The van der Waals surface area contributed by atoms with Gasteiger partial charge >= 0.3 is 0 Å². The predicted molar refractivity (Wildman–Crippen MR) is 103 cm³/mol. The molecule has 2 aliphatic carbocycles. The van der Waals surface area contributed by atoms with Gasteiger partial charge < -0.3 is 0 Å². The van der Waals surface area contributed by atoms with Crippen LogP contribution < -0.4 is 0 Å². The molecule has 0 aliphatic heterocycles. The lowest BCUT2D eigenvalue weighted by molar-refractivity contribution is 1.23. The van der Waals surface area contributed by atoms with Crippen LogP contribution in [0.3, 0.4) is 0 Å². The first-order valence-corrected chi connectivity index (χ1v) is 8.60. The standard InChI is InChI=1S/C25H16/c1-3-7-16-10-12-21-22-13-11-18-14-17-8-5-6-9-20(17)25(18)24(22)15-23(21)19(16)4-2/h2,5-6,8-13H,14-15H2,1H3. The maximum absolute atomic E-state index is 5.86. The summed E-state index contributed by atoms with van der Waals surface area (Å²) in [7, 11) is 0. The molecule has 0 heterocycles. The summed E-state index contributed by atoms with van der Waals surface area (Å²) in [5, 5.41) is 0. The summed E-state index contributed by atoms with van der Waals surface area (Å²) in [6.45, 7) is 1.85. The van der Waals surface area contributed by atoms with Crippen molar-refractivity contribution in [3.63, 3.8) is 0 Å². The predicted octanol–water partition coefficient (Wildman–Crippen LogP) is 5.18. The number of terminal acetylenes is 1. The molecule has 25 heavy (non-hydrogen) atoms. The van der Waals surface area contributed by atoms with Crippen molar-refractivity contribution >= 4 is 0 Å². The van der Waals surface area contributed by atoms with Crippen LogP contribution >= 0.6 is 0 Å². The molecular weight excluding hydrogens is 300 g/mol. The van der Waals surface area contributed by atoms with Gasteiger partial charge in [-0.2, -0.15) is 0 Å². The van der Waals surface area contributed by atoms with Crippen LogP contribution in [0.25, 0.3) is 22.3 Å². The zero-order chi connectivity index (χ0) is 17.0. The molecule has 0 N–H and O–H groups in total. The Morgan fingerprint density at radius 1 is 0.800 bits per heavy atom. The van der Waals surface area contributed by atoms with E-state index in [0.29, 0.717) is 0 Å². The third-order valence-corrected chi connectivity index (χ3v) is 5.43. The highest BCUT2D eigenvalue weighted by molar-refractivity contribution is 5.91. The van der Waals surface area contributed by atoms with Crippen LogP contribution in [0.15, 0.2) is 48.5 Å². The van der Waals surface area contributed by atoms with Crippen molar-refractivity contribution in [2.75, 3.05) is 0 Å². The summed E-state index contributed by atoms with van der Waals surface area (Å²) in [5.74, 6) is 9.04. The van der Waals surface area contributed by atoms with Gasteiger partial charge in [-0.05, 0) is 63.9 Å². The SMILES string of the molecule is C#Cc1c(C#CC)ccc2c1Cc1c-2ccc2c1-c1ccccc1C2. The summed E-state index contributed by atoms with van der Waals surface area (Å²) in [6.07, 6.45) is 7.80. The fourth-order valence-corrected chi connectivity index (χ4v) is 4.40. The van der Waals surface area contributed by atoms with Crippen LogP contribution in [0, 0.1) is 24.2 Å². The van der Waals surface area contributed by atoms with E-state index in [1.165, 1.54) is 44.5 Å². The molecule has 0 fully saturated rings. The average molecular weight is 316 g/mol. The Balaban J connectivity index is 1.77. The van der Waals surface area contributed by atoms with Gasteiger partial charge in [0.2, 0.25) is 0 Å². The van der Waals surface area contributed by atoms with Crippen molar-refractivity contribution in [2.45, 2.75) is 19.8 Å². The van der Waals surface area contributed by atoms with Gasteiger partial charge in [0, 0.05) is 17.5 Å². The monoisotopic (exact) mass is 316 g/mol. The molecule has 3 aromatic carbocycles. The highest BCUT2D eigenvalue weighted by atomic mass is 14.3. The molecule has 0 atom stereocenters. The first kappa shape index (κ1) is 14.2. The van der Waals surface area contributed by atoms with Crippen LogP contribution in [0.2, 0.25) is 0 Å². The van der Waals surface area contributed by atoms with Crippen molar-refractivity contribution in [3.8, 4) is 46.4 Å². The van der Waals surface area contributed by atoms with Crippen LogP contribution in [-0.2, 0) is 12.8 Å². The molecule has 0 heteroatoms. The Kier molecular flexibility index (Phi) is 2.91. The number of hydrogen-bond acceptors (Lipinski definition) is 0. The minimum atomic E-state index is 0.904. The van der Waals surface area contributed by atoms with E-state index in [1.54, 1.807) is 0 Å². The molecular formula is C25H16. The first-order chi connectivity index (χ1) is 12.3. The van der Waals surface area contributed by atoms with Gasteiger partial charge in [-0.15, -0.1) is 12.3 Å². The van der Waals surface area contributed by atoms with Gasteiger partial charge in [0.1, 0.15) is 0 Å². The van der Waals surface area contributed by atoms with Crippen LogP contribution in [-0.4, -0.2) is 0 Å². The topological polar surface area (TPSA) is 0 Å². The fourth-order valence-electron chi connectivity index (χ4n) is 4.40. The Bertz CT molecular complexity index is 1160. The average Bonchev–Trinajstić information content (AvgIpc) is 3.19. The van der Waals surface area contributed by atoms with Gasteiger partial charge in [0.05, 0.1) is 0 Å². The molecule has 0 saturated heterocycles. The summed E-state index contributed by atoms with van der Waals surface area (Å²) >= 11 is 0. The summed E-state index contributed by atoms with van der Waals surface area (Å²) in [5.41, 5.74) is 12.9. The Morgan fingerprint density at radius 2 is 1.60 bits per heavy atom. The molecule has 5 rings (SSSR count). The molecule has 0 bridgehead atoms. The van der Waals surface area contributed by atoms with E-state index in [0.717, 1.165) is 24.0 Å². The molecule has 3 aromatic rings. The molecule has 0 amide bonds. The maximum Gasteiger partial charge on any atom is 0.0440 e. The summed E-state index contributed by atoms with van der Waals surface area (Å²) < 4.78 is 0. The number of rotatable bonds is 0. The van der Waals surface area contributed by atoms with E-state index in [-0.39, 0.29) is 0 Å². The quantitative estimate of drug-likeness (QED) is 0.345. The summed E-state index contributed by atoms with van der Waals surface area (Å²) in [4.78, 5) is 0. The van der Waals surface area contributed by atoms with Crippen molar-refractivity contribution in [1.29, 1.82) is 0 Å².